The van der Waals surface area contributed by atoms with Crippen molar-refractivity contribution in [3.8, 4) is 5.75 Å². The molecule has 4 heteroatoms. The predicted octanol–water partition coefficient (Wildman–Crippen LogP) is 8.85. The maximum Gasteiger partial charge on any atom is 0.200 e. The van der Waals surface area contributed by atoms with E-state index in [9.17, 15) is 8.78 Å². The van der Waals surface area contributed by atoms with E-state index in [2.05, 4.69) is 30.8 Å². The topological polar surface area (TPSA) is 18.5 Å². The van der Waals surface area contributed by atoms with Crippen LogP contribution in [0.4, 0.5) is 8.78 Å². The van der Waals surface area contributed by atoms with Crippen molar-refractivity contribution in [1.82, 2.24) is 0 Å². The Hall–Kier alpha value is -2.20. The van der Waals surface area contributed by atoms with Crippen molar-refractivity contribution >= 4 is 0 Å². The van der Waals surface area contributed by atoms with Crippen molar-refractivity contribution < 1.29 is 18.3 Å². The highest BCUT2D eigenvalue weighted by Gasteiger charge is 2.27. The standard InChI is InChI=1S/C31H40F2O2/c1-3-5-6-22-7-11-24(12-8-22)25-13-9-23(10-14-25)21-35-27-17-15-26(16-18-27)28-19-20-29(34-4-2)31(33)30(28)32/h3,9-10,13-14,19-20,22,24,26-27H,1,4-8,11-12,15-18,21H2,2H3. The van der Waals surface area contributed by atoms with E-state index in [1.807, 2.05) is 6.08 Å². The second-order valence-corrected chi connectivity index (χ2v) is 10.3. The average molecular weight is 483 g/mol. The van der Waals surface area contributed by atoms with Gasteiger partial charge in [-0.2, -0.15) is 4.39 Å². The molecule has 0 amide bonds. The summed E-state index contributed by atoms with van der Waals surface area (Å²) in [4.78, 5) is 0. The molecule has 2 aliphatic rings. The highest BCUT2D eigenvalue weighted by atomic mass is 19.2. The third-order valence-corrected chi connectivity index (χ3v) is 8.05. The molecule has 35 heavy (non-hydrogen) atoms. The lowest BCUT2D eigenvalue weighted by Gasteiger charge is -2.29. The number of benzene rings is 2. The van der Waals surface area contributed by atoms with Crippen LogP contribution in [0.3, 0.4) is 0 Å². The maximum absolute atomic E-state index is 14.6. The molecule has 0 unspecified atom stereocenters. The summed E-state index contributed by atoms with van der Waals surface area (Å²) in [6.07, 6.45) is 13.3. The Morgan fingerprint density at radius 1 is 0.857 bits per heavy atom. The van der Waals surface area contributed by atoms with Crippen LogP contribution in [0, 0.1) is 17.6 Å². The van der Waals surface area contributed by atoms with Crippen molar-refractivity contribution in [2.24, 2.45) is 5.92 Å². The van der Waals surface area contributed by atoms with Crippen LogP contribution in [-0.4, -0.2) is 12.7 Å². The minimum absolute atomic E-state index is 0.00649. The first-order chi connectivity index (χ1) is 17.1. The van der Waals surface area contributed by atoms with E-state index < -0.39 is 11.6 Å². The number of halogens is 2. The summed E-state index contributed by atoms with van der Waals surface area (Å²) in [5.74, 6) is -0.0400. The Balaban J connectivity index is 1.22. The first kappa shape index (κ1) is 25.9. The second-order valence-electron chi connectivity index (χ2n) is 10.3. The summed E-state index contributed by atoms with van der Waals surface area (Å²) >= 11 is 0. The number of hydrogen-bond acceptors (Lipinski definition) is 2. The van der Waals surface area contributed by atoms with Gasteiger partial charge in [0, 0.05) is 0 Å². The molecular formula is C31H40F2O2. The zero-order valence-electron chi connectivity index (χ0n) is 21.1. The monoisotopic (exact) mass is 482 g/mol. The van der Waals surface area contributed by atoms with Crippen molar-refractivity contribution in [3.63, 3.8) is 0 Å². The van der Waals surface area contributed by atoms with Gasteiger partial charge in [-0.25, -0.2) is 4.39 Å². The molecule has 2 saturated carbocycles. The highest BCUT2D eigenvalue weighted by molar-refractivity contribution is 5.33. The molecule has 0 bridgehead atoms. The minimum atomic E-state index is -0.869. The van der Waals surface area contributed by atoms with Gasteiger partial charge in [0.15, 0.2) is 11.6 Å². The van der Waals surface area contributed by atoms with Crippen molar-refractivity contribution in [2.45, 2.75) is 95.7 Å². The van der Waals surface area contributed by atoms with Gasteiger partial charge >= 0.3 is 0 Å². The maximum atomic E-state index is 14.6. The zero-order chi connectivity index (χ0) is 24.6. The molecule has 190 valence electrons. The van der Waals surface area contributed by atoms with Gasteiger partial charge in [-0.1, -0.05) is 36.4 Å². The minimum Gasteiger partial charge on any atom is -0.491 e. The van der Waals surface area contributed by atoms with Crippen LogP contribution in [0.2, 0.25) is 0 Å². The van der Waals surface area contributed by atoms with E-state index in [0.29, 0.717) is 24.7 Å². The zero-order valence-corrected chi connectivity index (χ0v) is 21.1. The molecule has 4 rings (SSSR count). The molecule has 0 heterocycles. The quantitative estimate of drug-likeness (QED) is 0.315. The van der Waals surface area contributed by atoms with Gasteiger partial charge in [-0.3, -0.25) is 0 Å². The van der Waals surface area contributed by atoms with Crippen molar-refractivity contribution in [3.05, 3.63) is 77.4 Å². The Morgan fingerprint density at radius 2 is 1.54 bits per heavy atom. The third-order valence-electron chi connectivity index (χ3n) is 8.05. The number of rotatable bonds is 10. The Labute approximate surface area is 209 Å². The van der Waals surface area contributed by atoms with Crippen LogP contribution in [0.5, 0.6) is 5.75 Å². The smallest absolute Gasteiger partial charge is 0.200 e. The van der Waals surface area contributed by atoms with Crippen LogP contribution in [0.25, 0.3) is 0 Å². The van der Waals surface area contributed by atoms with E-state index in [4.69, 9.17) is 9.47 Å². The van der Waals surface area contributed by atoms with Crippen LogP contribution in [0.1, 0.15) is 99.7 Å². The SMILES string of the molecule is C=CCCC1CCC(c2ccc(COC3CCC(c4ccc(OCC)c(F)c4F)CC3)cc2)CC1. The van der Waals surface area contributed by atoms with Gasteiger partial charge in [0.05, 0.1) is 19.3 Å². The van der Waals surface area contributed by atoms with Gasteiger partial charge in [0.2, 0.25) is 5.82 Å². The molecule has 2 fully saturated rings. The van der Waals surface area contributed by atoms with E-state index in [1.54, 1.807) is 19.1 Å². The van der Waals surface area contributed by atoms with Crippen LogP contribution in [0.15, 0.2) is 49.1 Å². The van der Waals surface area contributed by atoms with Crippen molar-refractivity contribution in [1.29, 1.82) is 0 Å². The number of ether oxygens (including phenoxy) is 2. The molecule has 0 radical (unpaired) electrons. The highest BCUT2D eigenvalue weighted by Crippen LogP contribution is 2.39. The number of hydrogen-bond donors (Lipinski definition) is 0. The van der Waals surface area contributed by atoms with Gasteiger partial charge in [-0.05, 0) is 112 Å². The Morgan fingerprint density at radius 3 is 2.20 bits per heavy atom. The fourth-order valence-electron chi connectivity index (χ4n) is 5.91. The largest absolute Gasteiger partial charge is 0.491 e. The fraction of sp³-hybridized carbons (Fsp3) is 0.548. The third kappa shape index (κ3) is 6.73. The fourth-order valence-corrected chi connectivity index (χ4v) is 5.91. The predicted molar refractivity (Wildman–Crippen MR) is 138 cm³/mol. The van der Waals surface area contributed by atoms with E-state index >= 15 is 0 Å². The molecule has 2 aromatic rings. The van der Waals surface area contributed by atoms with Crippen LogP contribution < -0.4 is 4.74 Å². The van der Waals surface area contributed by atoms with Gasteiger partial charge < -0.3 is 9.47 Å². The molecule has 0 aliphatic heterocycles. The summed E-state index contributed by atoms with van der Waals surface area (Å²) in [6, 6.07) is 12.2. The van der Waals surface area contributed by atoms with E-state index in [-0.39, 0.29) is 17.8 Å². The Bertz CT molecular complexity index is 939. The van der Waals surface area contributed by atoms with Gasteiger partial charge in [-0.15, -0.1) is 6.58 Å². The number of allylic oxidation sites excluding steroid dienone is 1. The first-order valence-electron chi connectivity index (χ1n) is 13.5. The van der Waals surface area contributed by atoms with Crippen LogP contribution >= 0.6 is 0 Å². The van der Waals surface area contributed by atoms with Gasteiger partial charge in [0.1, 0.15) is 0 Å². The molecule has 2 aromatic carbocycles. The molecule has 2 aliphatic carbocycles. The van der Waals surface area contributed by atoms with Gasteiger partial charge in [0.25, 0.3) is 0 Å². The molecule has 0 N–H and O–H groups in total. The van der Waals surface area contributed by atoms with Crippen molar-refractivity contribution in [2.75, 3.05) is 6.61 Å². The Kier molecular flexibility index (Phi) is 9.37. The normalized spacial score (nSPS) is 24.8. The van der Waals surface area contributed by atoms with E-state index in [0.717, 1.165) is 38.0 Å². The first-order valence-corrected chi connectivity index (χ1v) is 13.5. The summed E-state index contributed by atoms with van der Waals surface area (Å²) in [6.45, 7) is 6.54. The average Bonchev–Trinajstić information content (AvgIpc) is 2.90. The molecular weight excluding hydrogens is 442 g/mol. The van der Waals surface area contributed by atoms with Crippen LogP contribution in [-0.2, 0) is 11.3 Å². The second kappa shape index (κ2) is 12.7. The summed E-state index contributed by atoms with van der Waals surface area (Å²) < 4.78 is 40.2. The molecule has 2 nitrogen and oxygen atoms in total. The summed E-state index contributed by atoms with van der Waals surface area (Å²) in [5.41, 5.74) is 3.13. The molecule has 0 aromatic heterocycles. The summed E-state index contributed by atoms with van der Waals surface area (Å²) in [5, 5.41) is 0. The lowest BCUT2D eigenvalue weighted by molar-refractivity contribution is 0.0131. The molecule has 0 saturated heterocycles. The summed E-state index contributed by atoms with van der Waals surface area (Å²) in [7, 11) is 0. The van der Waals surface area contributed by atoms with E-state index in [1.165, 1.54) is 43.2 Å². The molecule has 0 spiro atoms. The lowest BCUT2D eigenvalue weighted by atomic mass is 9.77. The lowest BCUT2D eigenvalue weighted by Crippen LogP contribution is -2.21. The molecule has 0 atom stereocenters.